The zero-order chi connectivity index (χ0) is 24.5. The van der Waals surface area contributed by atoms with E-state index in [1.807, 2.05) is 42.3 Å². The van der Waals surface area contributed by atoms with Crippen molar-refractivity contribution in [2.24, 2.45) is 5.92 Å². The lowest BCUT2D eigenvalue weighted by molar-refractivity contribution is -0.134. The number of ether oxygens (including phenoxy) is 2. The molecule has 0 spiro atoms. The summed E-state index contributed by atoms with van der Waals surface area (Å²) in [5, 5.41) is 0.984. The molecule has 4 heterocycles. The Morgan fingerprint density at radius 2 is 1.86 bits per heavy atom. The summed E-state index contributed by atoms with van der Waals surface area (Å²) in [6.45, 7) is 5.96. The van der Waals surface area contributed by atoms with Crippen LogP contribution in [0.2, 0.25) is 0 Å². The number of hydrogen-bond acceptors (Lipinski definition) is 6. The summed E-state index contributed by atoms with van der Waals surface area (Å²) >= 11 is 0. The van der Waals surface area contributed by atoms with Crippen LogP contribution in [0.15, 0.2) is 42.7 Å². The molecule has 2 aliphatic heterocycles. The molecule has 0 saturated carbocycles. The minimum Gasteiger partial charge on any atom is -0.488 e. The summed E-state index contributed by atoms with van der Waals surface area (Å²) in [7, 11) is 1.62. The fraction of sp³-hybridized carbons (Fsp3) is 0.407. The van der Waals surface area contributed by atoms with Gasteiger partial charge in [0.15, 0.2) is 0 Å². The highest BCUT2D eigenvalue weighted by atomic mass is 16.5. The molecule has 2 atom stereocenters. The normalized spacial score (nSPS) is 19.9. The molecular weight excluding hydrogens is 444 g/mol. The van der Waals surface area contributed by atoms with E-state index in [0.717, 1.165) is 46.2 Å². The van der Waals surface area contributed by atoms with Crippen LogP contribution in [0.3, 0.4) is 0 Å². The molecule has 2 fully saturated rings. The molecule has 0 aliphatic carbocycles. The van der Waals surface area contributed by atoms with Gasteiger partial charge < -0.3 is 19.3 Å². The smallest absolute Gasteiger partial charge is 0.227 e. The van der Waals surface area contributed by atoms with Crippen LogP contribution in [0.25, 0.3) is 22.0 Å². The number of rotatable bonds is 5. The van der Waals surface area contributed by atoms with Crippen LogP contribution >= 0.6 is 0 Å². The molecule has 0 bridgehead atoms. The van der Waals surface area contributed by atoms with Gasteiger partial charge in [-0.25, -0.2) is 4.98 Å². The second-order valence-corrected chi connectivity index (χ2v) is 9.35. The van der Waals surface area contributed by atoms with Crippen molar-refractivity contribution < 1.29 is 19.1 Å². The summed E-state index contributed by atoms with van der Waals surface area (Å²) in [6, 6.07) is 9.96. The number of pyridine rings is 2. The van der Waals surface area contributed by atoms with E-state index in [4.69, 9.17) is 9.47 Å². The lowest BCUT2D eigenvalue weighted by Gasteiger charge is -2.21. The van der Waals surface area contributed by atoms with E-state index in [0.29, 0.717) is 32.1 Å². The number of carbonyl (C=O) groups is 2. The monoisotopic (exact) mass is 474 g/mol. The number of fused-ring (bicyclic) bond motifs is 1. The van der Waals surface area contributed by atoms with Crippen molar-refractivity contribution in [2.45, 2.75) is 32.8 Å². The van der Waals surface area contributed by atoms with Crippen LogP contribution in [0, 0.1) is 12.8 Å². The number of hydrogen-bond donors (Lipinski definition) is 0. The second-order valence-electron chi connectivity index (χ2n) is 9.35. The maximum absolute atomic E-state index is 13.0. The fourth-order valence-electron chi connectivity index (χ4n) is 5.10. The lowest BCUT2D eigenvalue weighted by atomic mass is 10.0. The number of amides is 2. The van der Waals surface area contributed by atoms with Gasteiger partial charge in [-0.1, -0.05) is 0 Å². The molecule has 3 aromatic rings. The quantitative estimate of drug-likeness (QED) is 0.563. The standard InChI is InChI=1S/C27H30N4O4/c1-17-12-20(14-29-26(17)34-3)23-6-9-28-25-5-4-21(13-24(23)25)35-22-8-11-31(16-22)27(33)19-7-10-30(15-19)18(2)32/h4-6,9,12-14,19,22H,7-8,10-11,15-16H2,1-3H3/t19-,22+/m1/s1. The topological polar surface area (TPSA) is 84.9 Å². The van der Waals surface area contributed by atoms with Gasteiger partial charge in [0, 0.05) is 61.9 Å². The summed E-state index contributed by atoms with van der Waals surface area (Å²) in [4.78, 5) is 37.2. The van der Waals surface area contributed by atoms with Crippen LogP contribution in [-0.4, -0.2) is 71.0 Å². The molecule has 1 aromatic carbocycles. The van der Waals surface area contributed by atoms with Crippen molar-refractivity contribution in [3.63, 3.8) is 0 Å². The Bertz CT molecular complexity index is 1280. The molecule has 2 amide bonds. The van der Waals surface area contributed by atoms with Crippen LogP contribution < -0.4 is 9.47 Å². The van der Waals surface area contributed by atoms with Gasteiger partial charge in [0.25, 0.3) is 0 Å². The molecule has 35 heavy (non-hydrogen) atoms. The summed E-state index contributed by atoms with van der Waals surface area (Å²) in [5.41, 5.74) is 3.86. The highest BCUT2D eigenvalue weighted by molar-refractivity contribution is 5.95. The third-order valence-electron chi connectivity index (χ3n) is 6.99. The van der Waals surface area contributed by atoms with Crippen molar-refractivity contribution >= 4 is 22.7 Å². The van der Waals surface area contributed by atoms with E-state index in [9.17, 15) is 9.59 Å². The van der Waals surface area contributed by atoms with Gasteiger partial charge >= 0.3 is 0 Å². The minimum absolute atomic E-state index is 0.0358. The predicted octanol–water partition coefficient (Wildman–Crippen LogP) is 3.46. The number of methoxy groups -OCH3 is 1. The first-order chi connectivity index (χ1) is 16.9. The number of benzene rings is 1. The molecule has 2 saturated heterocycles. The summed E-state index contributed by atoms with van der Waals surface area (Å²) in [6.07, 6.45) is 5.07. The van der Waals surface area contributed by atoms with Gasteiger partial charge in [0.1, 0.15) is 11.9 Å². The van der Waals surface area contributed by atoms with Gasteiger partial charge in [0.2, 0.25) is 17.7 Å². The van der Waals surface area contributed by atoms with E-state index in [2.05, 4.69) is 16.0 Å². The third kappa shape index (κ3) is 4.65. The molecule has 0 radical (unpaired) electrons. The molecule has 0 unspecified atom stereocenters. The average Bonchev–Trinajstić information content (AvgIpc) is 3.54. The fourth-order valence-corrected chi connectivity index (χ4v) is 5.10. The zero-order valence-electron chi connectivity index (χ0n) is 20.4. The highest BCUT2D eigenvalue weighted by Gasteiger charge is 2.36. The predicted molar refractivity (Wildman–Crippen MR) is 132 cm³/mol. The largest absolute Gasteiger partial charge is 0.488 e. The van der Waals surface area contributed by atoms with Gasteiger partial charge in [0.05, 0.1) is 25.1 Å². The first kappa shape index (κ1) is 23.1. The van der Waals surface area contributed by atoms with Crippen LogP contribution in [0.5, 0.6) is 11.6 Å². The first-order valence-electron chi connectivity index (χ1n) is 12.0. The zero-order valence-corrected chi connectivity index (χ0v) is 20.4. The molecule has 0 N–H and O–H groups in total. The lowest BCUT2D eigenvalue weighted by Crippen LogP contribution is -2.37. The number of aryl methyl sites for hydroxylation is 1. The number of nitrogens with zero attached hydrogens (tertiary/aromatic N) is 4. The molecule has 2 aromatic heterocycles. The van der Waals surface area contributed by atoms with E-state index in [1.54, 1.807) is 25.1 Å². The third-order valence-corrected chi connectivity index (χ3v) is 6.99. The number of likely N-dealkylation sites (tertiary alicyclic amines) is 2. The summed E-state index contributed by atoms with van der Waals surface area (Å²) < 4.78 is 11.6. The molecule has 2 aliphatic rings. The number of carbonyl (C=O) groups excluding carboxylic acids is 2. The molecule has 5 rings (SSSR count). The molecular formula is C27H30N4O4. The van der Waals surface area contributed by atoms with Crippen molar-refractivity contribution in [1.29, 1.82) is 0 Å². The Morgan fingerprint density at radius 1 is 1.03 bits per heavy atom. The molecule has 8 nitrogen and oxygen atoms in total. The maximum atomic E-state index is 13.0. The van der Waals surface area contributed by atoms with Crippen LogP contribution in [-0.2, 0) is 9.59 Å². The van der Waals surface area contributed by atoms with Crippen LogP contribution in [0.4, 0.5) is 0 Å². The van der Waals surface area contributed by atoms with E-state index >= 15 is 0 Å². The van der Waals surface area contributed by atoms with Crippen molar-refractivity contribution in [1.82, 2.24) is 19.8 Å². The summed E-state index contributed by atoms with van der Waals surface area (Å²) in [5.74, 6) is 1.44. The van der Waals surface area contributed by atoms with E-state index < -0.39 is 0 Å². The maximum Gasteiger partial charge on any atom is 0.227 e. The Labute approximate surface area is 204 Å². The molecule has 8 heteroatoms. The SMILES string of the molecule is COc1ncc(-c2ccnc3ccc(O[C@H]4CCN(C(=O)[C@@H]5CCN(C(C)=O)C5)C4)cc23)cc1C. The van der Waals surface area contributed by atoms with E-state index in [1.165, 1.54) is 0 Å². The van der Waals surface area contributed by atoms with Crippen molar-refractivity contribution in [3.8, 4) is 22.8 Å². The van der Waals surface area contributed by atoms with Gasteiger partial charge in [-0.2, -0.15) is 0 Å². The minimum atomic E-state index is -0.103. The average molecular weight is 475 g/mol. The Hall–Kier alpha value is -3.68. The van der Waals surface area contributed by atoms with E-state index in [-0.39, 0.29) is 23.8 Å². The van der Waals surface area contributed by atoms with Gasteiger partial charge in [-0.15, -0.1) is 0 Å². The first-order valence-corrected chi connectivity index (χ1v) is 12.0. The van der Waals surface area contributed by atoms with Gasteiger partial charge in [-0.05, 0) is 49.2 Å². The van der Waals surface area contributed by atoms with Crippen molar-refractivity contribution in [3.05, 3.63) is 48.3 Å². The Morgan fingerprint density at radius 3 is 2.60 bits per heavy atom. The van der Waals surface area contributed by atoms with Crippen LogP contribution in [0.1, 0.15) is 25.3 Å². The van der Waals surface area contributed by atoms with Gasteiger partial charge in [-0.3, -0.25) is 14.6 Å². The van der Waals surface area contributed by atoms with Crippen molar-refractivity contribution in [2.75, 3.05) is 33.3 Å². The Kier molecular flexibility index (Phi) is 6.28. The Balaban J connectivity index is 1.31. The highest BCUT2D eigenvalue weighted by Crippen LogP contribution is 2.32. The molecule has 182 valence electrons. The number of aromatic nitrogens is 2. The second kappa shape index (κ2) is 9.52.